The van der Waals surface area contributed by atoms with Crippen LogP contribution in [0, 0.1) is 6.92 Å². The second-order valence-electron chi connectivity index (χ2n) is 4.94. The third-order valence-electron chi connectivity index (χ3n) is 3.30. The third kappa shape index (κ3) is 2.06. The van der Waals surface area contributed by atoms with Crippen LogP contribution in [0.3, 0.4) is 0 Å². The molecule has 0 aliphatic carbocycles. The number of hydrogen-bond acceptors (Lipinski definition) is 2. The van der Waals surface area contributed by atoms with Crippen LogP contribution in [0.5, 0.6) is 0 Å². The van der Waals surface area contributed by atoms with Gasteiger partial charge >= 0.3 is 0 Å². The number of nitrogens with zero attached hydrogens (tertiary/aromatic N) is 1. The molecule has 2 heteroatoms. The molecular formula is C17H16N2. The molecule has 0 radical (unpaired) electrons. The standard InChI is InChI=1S/C17H16N2/c1-11-9-14-8-7-13-5-3-4-6-15(13)17(14)19-16(11)10-12(2)18/h3-10H,18H2,1-2H3/b12-10+. The predicted octanol–water partition coefficient (Wildman–Crippen LogP) is 4.02. The van der Waals surface area contributed by atoms with Crippen molar-refractivity contribution in [3.8, 4) is 0 Å². The molecule has 2 aromatic carbocycles. The molecular weight excluding hydrogens is 232 g/mol. The summed E-state index contributed by atoms with van der Waals surface area (Å²) in [5.41, 5.74) is 9.68. The number of fused-ring (bicyclic) bond motifs is 3. The van der Waals surface area contributed by atoms with Crippen LogP contribution in [0.4, 0.5) is 0 Å². The molecule has 1 heterocycles. The Bertz CT molecular complexity index is 797. The molecule has 0 spiro atoms. The summed E-state index contributed by atoms with van der Waals surface area (Å²) in [5.74, 6) is 0. The van der Waals surface area contributed by atoms with Gasteiger partial charge < -0.3 is 5.73 Å². The Kier molecular flexibility index (Phi) is 2.71. The van der Waals surface area contributed by atoms with Crippen molar-refractivity contribution in [3.05, 3.63) is 59.4 Å². The lowest BCUT2D eigenvalue weighted by Crippen LogP contribution is -1.94. The summed E-state index contributed by atoms with van der Waals surface area (Å²) in [6.45, 7) is 3.95. The quantitative estimate of drug-likeness (QED) is 0.661. The van der Waals surface area contributed by atoms with E-state index in [4.69, 9.17) is 10.7 Å². The van der Waals surface area contributed by atoms with Crippen molar-refractivity contribution in [2.75, 3.05) is 0 Å². The minimum Gasteiger partial charge on any atom is -0.402 e. The molecule has 0 fully saturated rings. The minimum atomic E-state index is 0.773. The average Bonchev–Trinajstić information content (AvgIpc) is 2.39. The number of benzene rings is 2. The lowest BCUT2D eigenvalue weighted by molar-refractivity contribution is 1.27. The Morgan fingerprint density at radius 2 is 1.84 bits per heavy atom. The van der Waals surface area contributed by atoms with Crippen LogP contribution >= 0.6 is 0 Å². The predicted molar refractivity (Wildman–Crippen MR) is 81.8 cm³/mol. The van der Waals surface area contributed by atoms with Crippen LogP contribution < -0.4 is 5.73 Å². The van der Waals surface area contributed by atoms with E-state index >= 15 is 0 Å². The molecule has 19 heavy (non-hydrogen) atoms. The number of pyridine rings is 1. The van der Waals surface area contributed by atoms with E-state index in [1.165, 1.54) is 16.2 Å². The van der Waals surface area contributed by atoms with Crippen LogP contribution in [-0.2, 0) is 0 Å². The lowest BCUT2D eigenvalue weighted by Gasteiger charge is -2.07. The highest BCUT2D eigenvalue weighted by Gasteiger charge is 2.05. The van der Waals surface area contributed by atoms with Gasteiger partial charge in [0, 0.05) is 16.5 Å². The van der Waals surface area contributed by atoms with Gasteiger partial charge in [-0.25, -0.2) is 4.98 Å². The van der Waals surface area contributed by atoms with Gasteiger partial charge in [0.15, 0.2) is 0 Å². The number of nitrogens with two attached hydrogens (primary N) is 1. The average molecular weight is 248 g/mol. The first-order valence-corrected chi connectivity index (χ1v) is 6.38. The van der Waals surface area contributed by atoms with Gasteiger partial charge in [-0.15, -0.1) is 0 Å². The van der Waals surface area contributed by atoms with Crippen molar-refractivity contribution >= 4 is 27.8 Å². The van der Waals surface area contributed by atoms with E-state index in [0.717, 1.165) is 22.5 Å². The fraction of sp³-hybridized carbons (Fsp3) is 0.118. The SMILES string of the molecule is C/C(N)=C\c1nc2c(ccc3ccccc32)cc1C. The minimum absolute atomic E-state index is 0.773. The van der Waals surface area contributed by atoms with E-state index in [-0.39, 0.29) is 0 Å². The molecule has 3 rings (SSSR count). The summed E-state index contributed by atoms with van der Waals surface area (Å²) in [5, 5.41) is 3.57. The molecule has 0 saturated carbocycles. The van der Waals surface area contributed by atoms with Gasteiger partial charge in [-0.2, -0.15) is 0 Å². The van der Waals surface area contributed by atoms with Crippen molar-refractivity contribution in [1.82, 2.24) is 4.98 Å². The van der Waals surface area contributed by atoms with Crippen molar-refractivity contribution in [1.29, 1.82) is 0 Å². The molecule has 3 aromatic rings. The molecule has 0 amide bonds. The molecule has 0 saturated heterocycles. The summed E-state index contributed by atoms with van der Waals surface area (Å²) in [7, 11) is 0. The first kappa shape index (κ1) is 11.7. The molecule has 0 bridgehead atoms. The van der Waals surface area contributed by atoms with Crippen LogP contribution in [-0.4, -0.2) is 4.98 Å². The van der Waals surface area contributed by atoms with E-state index in [1.807, 2.05) is 25.1 Å². The van der Waals surface area contributed by atoms with E-state index in [2.05, 4.69) is 37.3 Å². The number of aromatic nitrogens is 1. The zero-order valence-electron chi connectivity index (χ0n) is 11.1. The largest absolute Gasteiger partial charge is 0.402 e. The zero-order chi connectivity index (χ0) is 13.4. The third-order valence-corrected chi connectivity index (χ3v) is 3.30. The Balaban J connectivity index is 2.41. The van der Waals surface area contributed by atoms with Crippen molar-refractivity contribution < 1.29 is 0 Å². The fourth-order valence-corrected chi connectivity index (χ4v) is 2.39. The highest BCUT2D eigenvalue weighted by Crippen LogP contribution is 2.25. The van der Waals surface area contributed by atoms with Gasteiger partial charge in [0.05, 0.1) is 11.2 Å². The number of hydrogen-bond donors (Lipinski definition) is 1. The maximum atomic E-state index is 5.77. The molecule has 0 aliphatic heterocycles. The fourth-order valence-electron chi connectivity index (χ4n) is 2.39. The van der Waals surface area contributed by atoms with E-state index in [9.17, 15) is 0 Å². The topological polar surface area (TPSA) is 38.9 Å². The molecule has 94 valence electrons. The first-order chi connectivity index (χ1) is 9.15. The van der Waals surface area contributed by atoms with Gasteiger partial charge in [-0.05, 0) is 36.9 Å². The highest BCUT2D eigenvalue weighted by molar-refractivity contribution is 6.05. The number of aryl methyl sites for hydroxylation is 1. The normalized spacial score (nSPS) is 12.2. The maximum Gasteiger partial charge on any atom is 0.0787 e. The monoisotopic (exact) mass is 248 g/mol. The summed E-state index contributed by atoms with van der Waals surface area (Å²) >= 11 is 0. The summed E-state index contributed by atoms with van der Waals surface area (Å²) in [4.78, 5) is 4.79. The Hall–Kier alpha value is -2.35. The first-order valence-electron chi connectivity index (χ1n) is 6.38. The summed E-state index contributed by atoms with van der Waals surface area (Å²) in [6, 6.07) is 14.8. The zero-order valence-corrected chi connectivity index (χ0v) is 11.1. The van der Waals surface area contributed by atoms with E-state index in [1.54, 1.807) is 0 Å². The second-order valence-corrected chi connectivity index (χ2v) is 4.94. The molecule has 0 atom stereocenters. The number of allylic oxidation sites excluding steroid dienone is 1. The molecule has 0 aliphatic rings. The Morgan fingerprint density at radius 3 is 2.63 bits per heavy atom. The van der Waals surface area contributed by atoms with Crippen molar-refractivity contribution in [2.24, 2.45) is 5.73 Å². The number of rotatable bonds is 1. The van der Waals surface area contributed by atoms with E-state index < -0.39 is 0 Å². The van der Waals surface area contributed by atoms with Crippen molar-refractivity contribution in [2.45, 2.75) is 13.8 Å². The molecule has 0 unspecified atom stereocenters. The van der Waals surface area contributed by atoms with Gasteiger partial charge in [0.2, 0.25) is 0 Å². The van der Waals surface area contributed by atoms with Crippen molar-refractivity contribution in [3.63, 3.8) is 0 Å². The van der Waals surface area contributed by atoms with Crippen LogP contribution in [0.25, 0.3) is 27.8 Å². The van der Waals surface area contributed by atoms with Gasteiger partial charge in [-0.3, -0.25) is 0 Å². The van der Waals surface area contributed by atoms with Gasteiger partial charge in [0.1, 0.15) is 0 Å². The van der Waals surface area contributed by atoms with E-state index in [0.29, 0.717) is 0 Å². The van der Waals surface area contributed by atoms with Gasteiger partial charge in [0.25, 0.3) is 0 Å². The summed E-state index contributed by atoms with van der Waals surface area (Å²) < 4.78 is 0. The van der Waals surface area contributed by atoms with Gasteiger partial charge in [-0.1, -0.05) is 36.4 Å². The highest BCUT2D eigenvalue weighted by atomic mass is 14.7. The van der Waals surface area contributed by atoms with Crippen LogP contribution in [0.1, 0.15) is 18.2 Å². The Labute approximate surface area is 112 Å². The second kappa shape index (κ2) is 4.39. The molecule has 2 nitrogen and oxygen atoms in total. The Morgan fingerprint density at radius 1 is 1.11 bits per heavy atom. The maximum absolute atomic E-state index is 5.77. The smallest absolute Gasteiger partial charge is 0.0787 e. The lowest BCUT2D eigenvalue weighted by atomic mass is 10.0. The van der Waals surface area contributed by atoms with Crippen LogP contribution in [0.2, 0.25) is 0 Å². The van der Waals surface area contributed by atoms with Crippen LogP contribution in [0.15, 0.2) is 48.2 Å². The molecule has 2 N–H and O–H groups in total. The molecule has 1 aromatic heterocycles. The summed E-state index contributed by atoms with van der Waals surface area (Å²) in [6.07, 6.45) is 1.93.